The van der Waals surface area contributed by atoms with Crippen LogP contribution in [0.25, 0.3) is 0 Å². The quantitative estimate of drug-likeness (QED) is 0.353. The Morgan fingerprint density at radius 1 is 1.30 bits per heavy atom. The zero-order valence-electron chi connectivity index (χ0n) is 4.94. The number of hydrogen-bond acceptors (Lipinski definition) is 3. The Morgan fingerprint density at radius 2 is 1.60 bits per heavy atom. The second-order valence-electron chi connectivity index (χ2n) is 1.58. The fraction of sp³-hybridized carbons (Fsp3) is 0.200. The van der Waals surface area contributed by atoms with E-state index in [1.807, 2.05) is 0 Å². The van der Waals surface area contributed by atoms with Gasteiger partial charge in [-0.25, -0.2) is 9.59 Å². The summed E-state index contributed by atoms with van der Waals surface area (Å²) < 4.78 is 0. The molecule has 0 saturated carbocycles. The van der Waals surface area contributed by atoms with E-state index >= 15 is 0 Å². The molecule has 5 heteroatoms. The summed E-state index contributed by atoms with van der Waals surface area (Å²) in [5.74, 6) is -3.70. The van der Waals surface area contributed by atoms with Crippen molar-refractivity contribution in [1.82, 2.24) is 0 Å². The zero-order chi connectivity index (χ0) is 8.36. The minimum absolute atomic E-state index is 0.442. The summed E-state index contributed by atoms with van der Waals surface area (Å²) in [6.45, 7) is 2.86. The summed E-state index contributed by atoms with van der Waals surface area (Å²) in [7, 11) is 0. The number of carboxylic acid groups (broad SMARTS) is 2. The van der Waals surface area contributed by atoms with E-state index in [0.29, 0.717) is 6.08 Å². The van der Waals surface area contributed by atoms with Crippen LogP contribution in [0.3, 0.4) is 0 Å². The number of carboxylic acids is 2. The number of aliphatic hydroxyl groups is 1. The maximum Gasteiger partial charge on any atom is 0.351 e. The van der Waals surface area contributed by atoms with Crippen LogP contribution in [0.4, 0.5) is 0 Å². The van der Waals surface area contributed by atoms with Crippen LogP contribution in [0, 0.1) is 0 Å². The standard InChI is InChI=1S/C5H6O5/c1-2-5(10,3(6)7)4(8)9/h2,10H,1H2,(H,6,7)(H,8,9). The van der Waals surface area contributed by atoms with Gasteiger partial charge >= 0.3 is 11.9 Å². The molecule has 0 atom stereocenters. The Kier molecular flexibility index (Phi) is 2.15. The van der Waals surface area contributed by atoms with Crippen LogP contribution in [0.5, 0.6) is 0 Å². The van der Waals surface area contributed by atoms with Crippen LogP contribution < -0.4 is 0 Å². The fourth-order valence-electron chi connectivity index (χ4n) is 0.266. The first kappa shape index (κ1) is 8.64. The highest BCUT2D eigenvalue weighted by atomic mass is 16.4. The maximum atomic E-state index is 9.99. The largest absolute Gasteiger partial charge is 0.478 e. The Balaban J connectivity index is 4.72. The van der Waals surface area contributed by atoms with Gasteiger partial charge in [-0.1, -0.05) is 6.58 Å². The van der Waals surface area contributed by atoms with E-state index in [4.69, 9.17) is 15.3 Å². The molecule has 0 amide bonds. The van der Waals surface area contributed by atoms with Crippen molar-refractivity contribution in [3.63, 3.8) is 0 Å². The molecule has 0 unspecified atom stereocenters. The molecule has 0 aromatic heterocycles. The first-order chi connectivity index (χ1) is 4.45. The first-order valence-electron chi connectivity index (χ1n) is 2.28. The number of carbonyl (C=O) groups is 2. The Morgan fingerprint density at radius 3 is 1.60 bits per heavy atom. The van der Waals surface area contributed by atoms with Gasteiger partial charge in [0, 0.05) is 0 Å². The van der Waals surface area contributed by atoms with Crippen LogP contribution >= 0.6 is 0 Å². The van der Waals surface area contributed by atoms with Crippen molar-refractivity contribution in [2.24, 2.45) is 0 Å². The van der Waals surface area contributed by atoms with E-state index in [1.165, 1.54) is 0 Å². The molecule has 0 radical (unpaired) electrons. The third-order valence-electron chi connectivity index (χ3n) is 0.948. The molecule has 0 saturated heterocycles. The van der Waals surface area contributed by atoms with E-state index in [-0.39, 0.29) is 0 Å². The second kappa shape index (κ2) is 2.49. The lowest BCUT2D eigenvalue weighted by atomic mass is 10.1. The van der Waals surface area contributed by atoms with Gasteiger partial charge in [-0.2, -0.15) is 0 Å². The Bertz CT molecular complexity index is 168. The van der Waals surface area contributed by atoms with Crippen molar-refractivity contribution in [2.45, 2.75) is 5.60 Å². The van der Waals surface area contributed by atoms with Crippen molar-refractivity contribution in [3.05, 3.63) is 12.7 Å². The van der Waals surface area contributed by atoms with E-state index in [9.17, 15) is 9.59 Å². The summed E-state index contributed by atoms with van der Waals surface area (Å²) in [5.41, 5.74) is -2.86. The molecule has 0 bridgehead atoms. The van der Waals surface area contributed by atoms with Crippen LogP contribution in [0.15, 0.2) is 12.7 Å². The van der Waals surface area contributed by atoms with Crippen LogP contribution in [0.2, 0.25) is 0 Å². The second-order valence-corrected chi connectivity index (χ2v) is 1.58. The van der Waals surface area contributed by atoms with Gasteiger partial charge in [-0.15, -0.1) is 0 Å². The van der Waals surface area contributed by atoms with Crippen molar-refractivity contribution in [2.75, 3.05) is 0 Å². The van der Waals surface area contributed by atoms with Gasteiger partial charge in [0.2, 0.25) is 0 Å². The summed E-state index contributed by atoms with van der Waals surface area (Å²) in [6.07, 6.45) is 0.442. The lowest BCUT2D eigenvalue weighted by Crippen LogP contribution is -2.44. The zero-order valence-corrected chi connectivity index (χ0v) is 4.94. The molecule has 5 nitrogen and oxygen atoms in total. The monoisotopic (exact) mass is 146 g/mol. The van der Waals surface area contributed by atoms with Gasteiger partial charge in [0.25, 0.3) is 5.60 Å². The molecule has 0 aliphatic heterocycles. The topological polar surface area (TPSA) is 94.8 Å². The first-order valence-corrected chi connectivity index (χ1v) is 2.28. The highest BCUT2D eigenvalue weighted by Gasteiger charge is 2.41. The number of aliphatic carboxylic acids is 2. The van der Waals surface area contributed by atoms with Crippen LogP contribution in [0.1, 0.15) is 0 Å². The van der Waals surface area contributed by atoms with Gasteiger partial charge in [-0.05, 0) is 6.08 Å². The smallest absolute Gasteiger partial charge is 0.351 e. The molecular formula is C5H6O5. The summed E-state index contributed by atoms with van der Waals surface area (Å²) in [5, 5.41) is 24.9. The predicted octanol–water partition coefficient (Wildman–Crippen LogP) is -0.927. The average molecular weight is 146 g/mol. The van der Waals surface area contributed by atoms with E-state index in [1.54, 1.807) is 0 Å². The summed E-state index contributed by atoms with van der Waals surface area (Å²) >= 11 is 0. The molecule has 3 N–H and O–H groups in total. The lowest BCUT2D eigenvalue weighted by Gasteiger charge is -2.11. The Labute approximate surface area is 56.2 Å². The normalized spacial score (nSPS) is 10.5. The fourth-order valence-corrected chi connectivity index (χ4v) is 0.266. The van der Waals surface area contributed by atoms with Crippen molar-refractivity contribution in [1.29, 1.82) is 0 Å². The molecule has 0 aliphatic carbocycles. The number of rotatable bonds is 3. The van der Waals surface area contributed by atoms with Gasteiger partial charge in [0.1, 0.15) is 0 Å². The van der Waals surface area contributed by atoms with E-state index in [2.05, 4.69) is 6.58 Å². The van der Waals surface area contributed by atoms with E-state index in [0.717, 1.165) is 0 Å². The minimum Gasteiger partial charge on any atom is -0.478 e. The molecule has 0 aliphatic rings. The molecule has 0 heterocycles. The highest BCUT2D eigenvalue weighted by molar-refractivity contribution is 6.03. The average Bonchev–Trinajstić information content (AvgIpc) is 1.85. The molecule has 0 rings (SSSR count). The Hall–Kier alpha value is -1.36. The summed E-state index contributed by atoms with van der Waals surface area (Å²) in [6, 6.07) is 0. The lowest BCUT2D eigenvalue weighted by molar-refractivity contribution is -0.169. The third kappa shape index (κ3) is 1.14. The molecular weight excluding hydrogens is 140 g/mol. The summed E-state index contributed by atoms with van der Waals surface area (Å²) in [4.78, 5) is 20.0. The SMILES string of the molecule is C=CC(O)(C(=O)O)C(=O)O. The van der Waals surface area contributed by atoms with Crippen molar-refractivity contribution >= 4 is 11.9 Å². The minimum atomic E-state index is -2.86. The maximum absolute atomic E-state index is 9.99. The van der Waals surface area contributed by atoms with Gasteiger partial charge in [-0.3, -0.25) is 0 Å². The van der Waals surface area contributed by atoms with Crippen molar-refractivity contribution in [3.8, 4) is 0 Å². The van der Waals surface area contributed by atoms with Gasteiger partial charge in [0.05, 0.1) is 0 Å². The third-order valence-corrected chi connectivity index (χ3v) is 0.948. The van der Waals surface area contributed by atoms with Crippen LogP contribution in [-0.4, -0.2) is 32.9 Å². The van der Waals surface area contributed by atoms with Gasteiger partial charge < -0.3 is 15.3 Å². The van der Waals surface area contributed by atoms with E-state index < -0.39 is 17.5 Å². The number of hydrogen-bond donors (Lipinski definition) is 3. The van der Waals surface area contributed by atoms with Gasteiger partial charge in [0.15, 0.2) is 0 Å². The molecule has 0 aromatic carbocycles. The van der Waals surface area contributed by atoms with Crippen LogP contribution in [-0.2, 0) is 9.59 Å². The molecule has 56 valence electrons. The molecule has 0 spiro atoms. The molecule has 10 heavy (non-hydrogen) atoms. The highest BCUT2D eigenvalue weighted by Crippen LogP contribution is 2.05. The predicted molar refractivity (Wildman–Crippen MR) is 30.4 cm³/mol. The molecule has 0 aromatic rings. The van der Waals surface area contributed by atoms with Crippen molar-refractivity contribution < 1.29 is 24.9 Å². The molecule has 0 fully saturated rings.